The van der Waals surface area contributed by atoms with E-state index in [0.29, 0.717) is 5.56 Å². The number of hydrogen-bond acceptors (Lipinski definition) is 16. The molecule has 61 heavy (non-hydrogen) atoms. The van der Waals surface area contributed by atoms with Gasteiger partial charge in [0.15, 0.2) is 30.0 Å². The van der Waals surface area contributed by atoms with Crippen LogP contribution in [-0.4, -0.2) is 124 Å². The number of aliphatic hydroxyl groups excluding tert-OH is 3. The minimum atomic E-state index is -2.27. The fourth-order valence-electron chi connectivity index (χ4n) is 10.2. The molecule has 2 aromatic carbocycles. The van der Waals surface area contributed by atoms with Crippen LogP contribution in [0.1, 0.15) is 83.8 Å². The van der Waals surface area contributed by atoms with Crippen LogP contribution < -0.4 is 5.32 Å². The van der Waals surface area contributed by atoms with Crippen LogP contribution in [0.25, 0.3) is 0 Å². The van der Waals surface area contributed by atoms with Gasteiger partial charge in [0.2, 0.25) is 5.60 Å². The summed E-state index contributed by atoms with van der Waals surface area (Å²) in [6, 6.07) is 14.6. The summed E-state index contributed by atoms with van der Waals surface area (Å²) in [5, 5.41) is 38.5. The maximum absolute atomic E-state index is 14.4. The maximum atomic E-state index is 14.4. The topological polar surface area (TPSA) is 232 Å². The number of alkyl carbamates (subject to hydrolysis) is 1. The smallest absolute Gasteiger partial charge is 0.454 e. The second kappa shape index (κ2) is 15.7. The third-order valence-corrected chi connectivity index (χ3v) is 12.8. The fourth-order valence-corrected chi connectivity index (χ4v) is 10.2. The lowest BCUT2D eigenvalue weighted by molar-refractivity contribution is -0.362. The molecule has 4 fully saturated rings. The molecule has 330 valence electrons. The highest BCUT2D eigenvalue weighted by molar-refractivity contribution is 5.89. The van der Waals surface area contributed by atoms with E-state index in [1.165, 1.54) is 32.9 Å². The summed E-state index contributed by atoms with van der Waals surface area (Å²) < 4.78 is 49.0. The number of hydrogen-bond donors (Lipinski definition) is 4. The highest BCUT2D eigenvalue weighted by atomic mass is 16.8. The summed E-state index contributed by atoms with van der Waals surface area (Å²) in [5.41, 5.74) is -7.55. The second-order valence-corrected chi connectivity index (χ2v) is 18.0. The van der Waals surface area contributed by atoms with Crippen molar-refractivity contribution in [3.63, 3.8) is 0 Å². The van der Waals surface area contributed by atoms with Crippen LogP contribution in [0.5, 0.6) is 0 Å². The number of carbonyl (C=O) groups excluding carboxylic acids is 5. The first kappa shape index (κ1) is 44.0. The van der Waals surface area contributed by atoms with Crippen molar-refractivity contribution >= 4 is 30.2 Å². The molecule has 1 amide bonds. The Labute approximate surface area is 352 Å². The summed E-state index contributed by atoms with van der Waals surface area (Å²) in [4.78, 5) is 68.8. The van der Waals surface area contributed by atoms with Crippen molar-refractivity contribution in [1.29, 1.82) is 0 Å². The Bertz CT molecular complexity index is 2080. The van der Waals surface area contributed by atoms with E-state index >= 15 is 0 Å². The summed E-state index contributed by atoms with van der Waals surface area (Å²) in [6.45, 7) is 11.7. The average Bonchev–Trinajstić information content (AvgIpc) is 3.56. The first-order valence-corrected chi connectivity index (χ1v) is 20.2. The number of aliphatic hydroxyl groups is 3. The summed E-state index contributed by atoms with van der Waals surface area (Å²) in [6.07, 6.45) is -13.4. The van der Waals surface area contributed by atoms with Gasteiger partial charge in [-0.25, -0.2) is 19.2 Å². The van der Waals surface area contributed by atoms with Crippen LogP contribution >= 0.6 is 0 Å². The predicted molar refractivity (Wildman–Crippen MR) is 209 cm³/mol. The Hall–Kier alpha value is -5.07. The molecule has 12 atom stereocenters. The van der Waals surface area contributed by atoms with Gasteiger partial charge in [0.05, 0.1) is 42.9 Å². The van der Waals surface area contributed by atoms with Gasteiger partial charge in [0, 0.05) is 18.8 Å². The van der Waals surface area contributed by atoms with E-state index in [1.807, 2.05) is 0 Å². The number of esters is 3. The molecule has 5 aliphatic rings. The Morgan fingerprint density at radius 2 is 1.59 bits per heavy atom. The van der Waals surface area contributed by atoms with E-state index in [4.69, 9.17) is 37.9 Å². The molecule has 1 spiro atoms. The van der Waals surface area contributed by atoms with E-state index in [1.54, 1.807) is 83.1 Å². The number of amides is 1. The molecule has 7 rings (SSSR count). The molecule has 17 heteroatoms. The summed E-state index contributed by atoms with van der Waals surface area (Å²) in [7, 11) is 0. The number of nitrogens with one attached hydrogen (secondary N) is 1. The van der Waals surface area contributed by atoms with Crippen LogP contribution in [0.15, 0.2) is 71.8 Å². The first-order chi connectivity index (χ1) is 28.6. The van der Waals surface area contributed by atoms with Crippen LogP contribution in [-0.2, 0) is 47.5 Å². The quantitative estimate of drug-likeness (QED) is 0.169. The molecule has 3 aliphatic heterocycles. The molecule has 0 aromatic heterocycles. The Kier molecular flexibility index (Phi) is 11.3. The molecule has 3 saturated heterocycles. The molecule has 2 aromatic rings. The van der Waals surface area contributed by atoms with Gasteiger partial charge in [0.1, 0.15) is 17.3 Å². The van der Waals surface area contributed by atoms with Gasteiger partial charge >= 0.3 is 30.2 Å². The molecule has 2 aliphatic carbocycles. The van der Waals surface area contributed by atoms with Gasteiger partial charge in [0.25, 0.3) is 0 Å². The van der Waals surface area contributed by atoms with Gasteiger partial charge in [-0.2, -0.15) is 0 Å². The van der Waals surface area contributed by atoms with E-state index < -0.39 is 119 Å². The van der Waals surface area contributed by atoms with Gasteiger partial charge < -0.3 is 58.5 Å². The molecule has 4 N–H and O–H groups in total. The molecule has 3 heterocycles. The van der Waals surface area contributed by atoms with Crippen molar-refractivity contribution in [1.82, 2.24) is 5.32 Å². The average molecular weight is 852 g/mol. The number of rotatable bonds is 8. The third-order valence-electron chi connectivity index (χ3n) is 12.8. The predicted octanol–water partition coefficient (Wildman–Crippen LogP) is 3.61. The van der Waals surface area contributed by atoms with E-state index in [9.17, 15) is 39.3 Å². The van der Waals surface area contributed by atoms with Crippen LogP contribution in [0, 0.1) is 11.3 Å². The summed E-state index contributed by atoms with van der Waals surface area (Å²) >= 11 is 0. The van der Waals surface area contributed by atoms with E-state index in [2.05, 4.69) is 5.32 Å². The zero-order valence-electron chi connectivity index (χ0n) is 35.2. The summed E-state index contributed by atoms with van der Waals surface area (Å²) in [5.74, 6) is -4.35. The number of fused-ring (bicyclic) bond motifs is 4. The SMILES string of the molecule is CC(=O)O[C@@]12CO[C@@H]1C[C@H](O)[C@@]1(C)OC[C@H](O)C3=C(C)[C@@H](OC(=O)[C@H](O)[C@@H](NC(=O)OC(C)(C)C)c4ccccc4)[C@@H]4OC(=O)O[C@]4([C@@H](OC(=O)c4ccccc4)[C@@H]12)C3(C)C. The van der Waals surface area contributed by atoms with Gasteiger partial charge in [-0.1, -0.05) is 62.4 Å². The van der Waals surface area contributed by atoms with Crippen LogP contribution in [0.4, 0.5) is 9.59 Å². The maximum Gasteiger partial charge on any atom is 0.509 e. The minimum Gasteiger partial charge on any atom is -0.454 e. The highest BCUT2D eigenvalue weighted by Crippen LogP contribution is 2.64. The normalized spacial score (nSPS) is 34.7. The number of benzene rings is 2. The molecule has 0 unspecified atom stereocenters. The Morgan fingerprint density at radius 1 is 0.951 bits per heavy atom. The molecule has 0 radical (unpaired) electrons. The third kappa shape index (κ3) is 7.33. The number of ether oxygens (including phenoxy) is 8. The highest BCUT2D eigenvalue weighted by Gasteiger charge is 2.81. The molecular formula is C44H53NO16. The van der Waals surface area contributed by atoms with Gasteiger partial charge in [-0.05, 0) is 63.5 Å². The van der Waals surface area contributed by atoms with Crippen molar-refractivity contribution in [2.75, 3.05) is 13.2 Å². The standard InChI is InChI=1S/C44H53NO16/c1-22-29-26(47)20-55-42(8)27(48)19-28-43(21-54-28,59-23(2)46)33(42)35(57-36(50)25-17-13-10-14-18-25)44(41(29,6)7)34(58-39(53)61-44)32(22)56-37(51)31(49)30(24-15-11-9-12-16-24)45-38(52)60-40(3,4)5/h9-18,26-28,30-35,47-49H,19-21H2,1-8H3,(H,45,52)/t26-,27-,28+,30-,31+,32+,33-,34-,35-,42+,43-,44+/m0/s1. The van der Waals surface area contributed by atoms with Crippen molar-refractivity contribution in [3.05, 3.63) is 82.9 Å². The van der Waals surface area contributed by atoms with Crippen molar-refractivity contribution in [2.24, 2.45) is 11.3 Å². The van der Waals surface area contributed by atoms with E-state index in [-0.39, 0.29) is 29.7 Å². The van der Waals surface area contributed by atoms with Gasteiger partial charge in [-0.3, -0.25) is 4.79 Å². The zero-order chi connectivity index (χ0) is 44.4. The molecule has 2 bridgehead atoms. The zero-order valence-corrected chi connectivity index (χ0v) is 35.2. The van der Waals surface area contributed by atoms with Crippen molar-refractivity contribution in [2.45, 2.75) is 133 Å². The lowest BCUT2D eigenvalue weighted by atomic mass is 9.50. The van der Waals surface area contributed by atoms with Crippen LogP contribution in [0.2, 0.25) is 0 Å². The lowest BCUT2D eigenvalue weighted by Crippen LogP contribution is -2.82. The second-order valence-electron chi connectivity index (χ2n) is 18.0. The number of carbonyl (C=O) groups is 5. The van der Waals surface area contributed by atoms with E-state index in [0.717, 1.165) is 0 Å². The van der Waals surface area contributed by atoms with Crippen molar-refractivity contribution < 1.29 is 77.2 Å². The monoisotopic (exact) mass is 851 g/mol. The minimum absolute atomic E-state index is 0.0821. The Balaban J connectivity index is 1.40. The molecule has 1 saturated carbocycles. The Morgan fingerprint density at radius 3 is 2.18 bits per heavy atom. The van der Waals surface area contributed by atoms with Gasteiger partial charge in [-0.15, -0.1) is 0 Å². The van der Waals surface area contributed by atoms with Crippen LogP contribution in [0.3, 0.4) is 0 Å². The van der Waals surface area contributed by atoms with Crippen molar-refractivity contribution in [3.8, 4) is 0 Å². The first-order valence-electron chi connectivity index (χ1n) is 20.2. The molecular weight excluding hydrogens is 798 g/mol. The largest absolute Gasteiger partial charge is 0.509 e. The lowest BCUT2D eigenvalue weighted by Gasteiger charge is -2.65. The fraction of sp³-hybridized carbons (Fsp3) is 0.568. The molecule has 17 nitrogen and oxygen atoms in total.